The van der Waals surface area contributed by atoms with Crippen LogP contribution in [0.15, 0.2) is 35.2 Å². The Kier molecular flexibility index (Phi) is 2.98. The van der Waals surface area contributed by atoms with E-state index in [9.17, 15) is 0 Å². The van der Waals surface area contributed by atoms with Crippen LogP contribution in [0.25, 0.3) is 22.4 Å². The molecule has 0 aliphatic carbocycles. The van der Waals surface area contributed by atoms with Gasteiger partial charge in [0, 0.05) is 31.2 Å². The predicted molar refractivity (Wildman–Crippen MR) is 75.7 cm³/mol. The number of nitrogens with zero attached hydrogens (tertiary/aromatic N) is 4. The molecule has 3 rings (SSSR count). The summed E-state index contributed by atoms with van der Waals surface area (Å²) >= 11 is 0. The molecule has 0 aliphatic heterocycles. The van der Waals surface area contributed by atoms with E-state index in [4.69, 9.17) is 10.3 Å². The van der Waals surface area contributed by atoms with Gasteiger partial charge < -0.3 is 10.3 Å². The maximum Gasteiger partial charge on any atom is 0.230 e. The number of hydrogen-bond acceptors (Lipinski definition) is 5. The van der Waals surface area contributed by atoms with Gasteiger partial charge in [0.25, 0.3) is 0 Å². The number of aryl methyl sites for hydroxylation is 2. The van der Waals surface area contributed by atoms with Crippen LogP contribution in [0.2, 0.25) is 0 Å². The smallest absolute Gasteiger partial charge is 0.230 e. The summed E-state index contributed by atoms with van der Waals surface area (Å²) in [5.41, 5.74) is 10.3. The van der Waals surface area contributed by atoms with E-state index in [2.05, 4.69) is 22.2 Å². The lowest BCUT2D eigenvalue weighted by Gasteiger charge is -2.01. The number of nitrogen functional groups attached to an aromatic ring is 1. The standard InChI is InChI=1S/C14H15N5O/c1-3-11-10(8-19(2)17-11)13-12(14(15)20-18-13)9-4-6-16-7-5-9/h4-8H,3,15H2,1-2H3. The topological polar surface area (TPSA) is 82.8 Å². The quantitative estimate of drug-likeness (QED) is 0.788. The van der Waals surface area contributed by atoms with Gasteiger partial charge in [0.05, 0.1) is 11.3 Å². The molecular formula is C14H15N5O. The number of anilines is 1. The van der Waals surface area contributed by atoms with Gasteiger partial charge in [0.2, 0.25) is 5.88 Å². The van der Waals surface area contributed by atoms with Crippen molar-refractivity contribution in [3.63, 3.8) is 0 Å². The molecule has 0 spiro atoms. The first-order valence-electron chi connectivity index (χ1n) is 6.39. The van der Waals surface area contributed by atoms with Gasteiger partial charge in [-0.05, 0) is 24.1 Å². The largest absolute Gasteiger partial charge is 0.367 e. The Morgan fingerprint density at radius 1 is 1.30 bits per heavy atom. The monoisotopic (exact) mass is 269 g/mol. The Morgan fingerprint density at radius 2 is 2.05 bits per heavy atom. The van der Waals surface area contributed by atoms with Gasteiger partial charge in [-0.2, -0.15) is 5.10 Å². The maximum absolute atomic E-state index is 5.93. The van der Waals surface area contributed by atoms with Crippen molar-refractivity contribution in [1.82, 2.24) is 19.9 Å². The Morgan fingerprint density at radius 3 is 2.75 bits per heavy atom. The molecule has 6 nitrogen and oxygen atoms in total. The van der Waals surface area contributed by atoms with Crippen molar-refractivity contribution in [2.45, 2.75) is 13.3 Å². The zero-order valence-electron chi connectivity index (χ0n) is 11.4. The highest BCUT2D eigenvalue weighted by molar-refractivity contribution is 5.87. The van der Waals surface area contributed by atoms with Crippen LogP contribution in [0.4, 0.5) is 5.88 Å². The molecule has 0 saturated heterocycles. The van der Waals surface area contributed by atoms with Gasteiger partial charge >= 0.3 is 0 Å². The Labute approximate surface area is 116 Å². The summed E-state index contributed by atoms with van der Waals surface area (Å²) in [5.74, 6) is 0.303. The van der Waals surface area contributed by atoms with Crippen molar-refractivity contribution in [3.8, 4) is 22.4 Å². The molecule has 6 heteroatoms. The highest BCUT2D eigenvalue weighted by Gasteiger charge is 2.21. The summed E-state index contributed by atoms with van der Waals surface area (Å²) in [7, 11) is 1.89. The van der Waals surface area contributed by atoms with Crippen LogP contribution >= 0.6 is 0 Å². The first kappa shape index (κ1) is 12.4. The van der Waals surface area contributed by atoms with Gasteiger partial charge in [-0.1, -0.05) is 12.1 Å². The summed E-state index contributed by atoms with van der Waals surface area (Å²) in [6.07, 6.45) is 6.19. The van der Waals surface area contributed by atoms with E-state index in [0.717, 1.165) is 34.5 Å². The zero-order chi connectivity index (χ0) is 14.1. The lowest BCUT2D eigenvalue weighted by molar-refractivity contribution is 0.439. The molecule has 2 N–H and O–H groups in total. The van der Waals surface area contributed by atoms with Crippen molar-refractivity contribution in [2.24, 2.45) is 7.05 Å². The van der Waals surface area contributed by atoms with Crippen LogP contribution in [-0.4, -0.2) is 19.9 Å². The highest BCUT2D eigenvalue weighted by atomic mass is 16.5. The lowest BCUT2D eigenvalue weighted by Crippen LogP contribution is -1.90. The molecule has 0 aliphatic rings. The third kappa shape index (κ3) is 1.95. The molecule has 102 valence electrons. The molecular weight excluding hydrogens is 254 g/mol. The van der Waals surface area contributed by atoms with Gasteiger partial charge in [-0.25, -0.2) is 0 Å². The number of nitrogens with two attached hydrogens (primary N) is 1. The highest BCUT2D eigenvalue weighted by Crippen LogP contribution is 2.37. The van der Waals surface area contributed by atoms with Gasteiger partial charge in [0.15, 0.2) is 0 Å². The molecule has 3 heterocycles. The van der Waals surface area contributed by atoms with Crippen LogP contribution in [0, 0.1) is 0 Å². The third-order valence-electron chi connectivity index (χ3n) is 3.18. The lowest BCUT2D eigenvalue weighted by atomic mass is 10.0. The summed E-state index contributed by atoms with van der Waals surface area (Å²) in [6.45, 7) is 2.06. The number of aromatic nitrogens is 4. The van der Waals surface area contributed by atoms with E-state index in [1.54, 1.807) is 17.1 Å². The second kappa shape index (κ2) is 4.80. The summed E-state index contributed by atoms with van der Waals surface area (Å²) in [5, 5.41) is 8.54. The Bertz CT molecular complexity index is 729. The normalized spacial score (nSPS) is 10.9. The van der Waals surface area contributed by atoms with Crippen molar-refractivity contribution < 1.29 is 4.52 Å². The Hall–Kier alpha value is -2.63. The second-order valence-electron chi connectivity index (χ2n) is 4.52. The van der Waals surface area contributed by atoms with E-state index in [1.165, 1.54) is 0 Å². The van der Waals surface area contributed by atoms with E-state index in [-0.39, 0.29) is 0 Å². The van der Waals surface area contributed by atoms with Crippen LogP contribution in [0.1, 0.15) is 12.6 Å². The van der Waals surface area contributed by atoms with E-state index >= 15 is 0 Å². The molecule has 0 bridgehead atoms. The molecule has 0 amide bonds. The van der Waals surface area contributed by atoms with Gasteiger partial charge in [-0.15, -0.1) is 0 Å². The molecule has 0 unspecified atom stereocenters. The van der Waals surface area contributed by atoms with E-state index < -0.39 is 0 Å². The number of pyridine rings is 1. The minimum Gasteiger partial charge on any atom is -0.367 e. The number of hydrogen-bond donors (Lipinski definition) is 1. The first-order valence-corrected chi connectivity index (χ1v) is 6.39. The molecule has 20 heavy (non-hydrogen) atoms. The summed E-state index contributed by atoms with van der Waals surface area (Å²) in [4.78, 5) is 4.02. The fourth-order valence-corrected chi connectivity index (χ4v) is 2.28. The van der Waals surface area contributed by atoms with Crippen molar-refractivity contribution in [1.29, 1.82) is 0 Å². The zero-order valence-corrected chi connectivity index (χ0v) is 11.4. The predicted octanol–water partition coefficient (Wildman–Crippen LogP) is 2.28. The summed E-state index contributed by atoms with van der Waals surface area (Å²) < 4.78 is 6.96. The first-order chi connectivity index (χ1) is 9.70. The van der Waals surface area contributed by atoms with Crippen LogP contribution < -0.4 is 5.73 Å². The van der Waals surface area contributed by atoms with Crippen LogP contribution in [0.3, 0.4) is 0 Å². The minimum absolute atomic E-state index is 0.303. The van der Waals surface area contributed by atoms with E-state index in [1.807, 2.05) is 25.4 Å². The fraction of sp³-hybridized carbons (Fsp3) is 0.214. The molecule has 0 radical (unpaired) electrons. The minimum atomic E-state index is 0.303. The third-order valence-corrected chi connectivity index (χ3v) is 3.18. The maximum atomic E-state index is 5.93. The summed E-state index contributed by atoms with van der Waals surface area (Å²) in [6, 6.07) is 3.77. The van der Waals surface area contributed by atoms with Crippen molar-refractivity contribution in [3.05, 3.63) is 36.4 Å². The molecule has 3 aromatic rings. The van der Waals surface area contributed by atoms with Crippen LogP contribution in [0.5, 0.6) is 0 Å². The molecule has 0 aromatic carbocycles. The van der Waals surface area contributed by atoms with Gasteiger partial charge in [0.1, 0.15) is 5.69 Å². The number of rotatable bonds is 3. The van der Waals surface area contributed by atoms with Crippen molar-refractivity contribution in [2.75, 3.05) is 5.73 Å². The SMILES string of the molecule is CCc1nn(C)cc1-c1noc(N)c1-c1ccncc1. The van der Waals surface area contributed by atoms with Gasteiger partial charge in [-0.3, -0.25) is 9.67 Å². The molecule has 0 atom stereocenters. The Balaban J connectivity index is 2.21. The average Bonchev–Trinajstić information content (AvgIpc) is 3.02. The van der Waals surface area contributed by atoms with E-state index in [0.29, 0.717) is 5.88 Å². The second-order valence-corrected chi connectivity index (χ2v) is 4.52. The molecule has 0 saturated carbocycles. The molecule has 0 fully saturated rings. The average molecular weight is 269 g/mol. The molecule has 3 aromatic heterocycles. The van der Waals surface area contributed by atoms with Crippen molar-refractivity contribution >= 4 is 5.88 Å². The fourth-order valence-electron chi connectivity index (χ4n) is 2.28. The van der Waals surface area contributed by atoms with Crippen LogP contribution in [-0.2, 0) is 13.5 Å².